The van der Waals surface area contributed by atoms with E-state index < -0.39 is 16.8 Å². The van der Waals surface area contributed by atoms with Gasteiger partial charge in [-0.25, -0.2) is 4.39 Å². The molecule has 1 unspecified atom stereocenters. The monoisotopic (exact) mass is 410 g/mol. The highest BCUT2D eigenvalue weighted by atomic mass is 19.1. The second-order valence-corrected chi connectivity index (χ2v) is 6.48. The average molecular weight is 410 g/mol. The van der Waals surface area contributed by atoms with E-state index in [9.17, 15) is 24.4 Å². The fraction of sp³-hybridized carbons (Fsp3) is 0.136. The molecule has 7 nitrogen and oxygen atoms in total. The van der Waals surface area contributed by atoms with Gasteiger partial charge in [-0.05, 0) is 36.4 Å². The topological polar surface area (TPSA) is 102 Å². The third-order valence-corrected chi connectivity index (χ3v) is 4.28. The number of nitro benzene ring substituents is 1. The van der Waals surface area contributed by atoms with Gasteiger partial charge in [-0.2, -0.15) is 0 Å². The number of nitro groups is 1. The minimum absolute atomic E-state index is 0.0198. The summed E-state index contributed by atoms with van der Waals surface area (Å²) in [5.74, 6) is -0.325. The third kappa shape index (κ3) is 5.39. The summed E-state index contributed by atoms with van der Waals surface area (Å²) in [4.78, 5) is 23.4. The summed E-state index contributed by atoms with van der Waals surface area (Å²) in [6.07, 6.45) is -0.972. The molecule has 1 atom stereocenters. The molecule has 0 amide bonds. The SMILES string of the molecule is O=C(c1ccccc1)c1ccc(NCC(O)COc2ccc(F)cc2)c([N+](=O)[O-])c1. The lowest BCUT2D eigenvalue weighted by atomic mass is 10.0. The van der Waals surface area contributed by atoms with Gasteiger partial charge in [-0.1, -0.05) is 30.3 Å². The Bertz CT molecular complexity index is 1030. The van der Waals surface area contributed by atoms with E-state index in [-0.39, 0.29) is 35.9 Å². The molecule has 30 heavy (non-hydrogen) atoms. The Kier molecular flexibility index (Phi) is 6.71. The molecule has 0 aliphatic heterocycles. The van der Waals surface area contributed by atoms with E-state index in [4.69, 9.17) is 4.74 Å². The molecule has 3 rings (SSSR count). The van der Waals surface area contributed by atoms with Crippen molar-refractivity contribution >= 4 is 17.2 Å². The molecule has 8 heteroatoms. The number of hydrogen-bond donors (Lipinski definition) is 2. The Morgan fingerprint density at radius 2 is 1.77 bits per heavy atom. The maximum absolute atomic E-state index is 12.9. The van der Waals surface area contributed by atoms with E-state index in [2.05, 4.69) is 5.32 Å². The molecule has 0 heterocycles. The quantitative estimate of drug-likeness (QED) is 0.316. The van der Waals surface area contributed by atoms with E-state index in [0.29, 0.717) is 11.3 Å². The van der Waals surface area contributed by atoms with Crippen molar-refractivity contribution in [2.45, 2.75) is 6.10 Å². The van der Waals surface area contributed by atoms with E-state index >= 15 is 0 Å². The van der Waals surface area contributed by atoms with Crippen molar-refractivity contribution in [2.24, 2.45) is 0 Å². The van der Waals surface area contributed by atoms with Gasteiger partial charge in [-0.15, -0.1) is 0 Å². The number of carbonyl (C=O) groups excluding carboxylic acids is 1. The van der Waals surface area contributed by atoms with E-state index in [1.165, 1.54) is 42.5 Å². The first-order valence-corrected chi connectivity index (χ1v) is 9.12. The van der Waals surface area contributed by atoms with Gasteiger partial charge >= 0.3 is 0 Å². The number of nitrogens with zero attached hydrogens (tertiary/aromatic N) is 1. The zero-order valence-electron chi connectivity index (χ0n) is 15.8. The Balaban J connectivity index is 1.64. The van der Waals surface area contributed by atoms with Crippen LogP contribution in [0.4, 0.5) is 15.8 Å². The molecule has 0 spiro atoms. The number of halogens is 1. The van der Waals surface area contributed by atoms with Crippen LogP contribution in [-0.4, -0.2) is 35.1 Å². The number of aliphatic hydroxyl groups is 1. The summed E-state index contributed by atoms with van der Waals surface area (Å²) in [6.45, 7) is -0.106. The fourth-order valence-corrected chi connectivity index (χ4v) is 2.74. The van der Waals surface area contributed by atoms with Crippen LogP contribution < -0.4 is 10.1 Å². The van der Waals surface area contributed by atoms with Crippen molar-refractivity contribution in [3.63, 3.8) is 0 Å². The van der Waals surface area contributed by atoms with Crippen molar-refractivity contribution in [3.8, 4) is 5.75 Å². The van der Waals surface area contributed by atoms with Crippen LogP contribution in [0.2, 0.25) is 0 Å². The first kappa shape index (κ1) is 20.9. The fourth-order valence-electron chi connectivity index (χ4n) is 2.74. The number of ether oxygens (including phenoxy) is 1. The molecule has 154 valence electrons. The highest BCUT2D eigenvalue weighted by Crippen LogP contribution is 2.27. The second-order valence-electron chi connectivity index (χ2n) is 6.48. The lowest BCUT2D eigenvalue weighted by Crippen LogP contribution is -2.26. The number of rotatable bonds is 9. The van der Waals surface area contributed by atoms with Gasteiger partial charge in [-0.3, -0.25) is 14.9 Å². The number of aliphatic hydroxyl groups excluding tert-OH is 1. The summed E-state index contributed by atoms with van der Waals surface area (Å²) in [7, 11) is 0. The molecular weight excluding hydrogens is 391 g/mol. The van der Waals surface area contributed by atoms with Crippen molar-refractivity contribution in [3.05, 3.63) is 99.9 Å². The normalized spacial score (nSPS) is 11.5. The van der Waals surface area contributed by atoms with Crippen LogP contribution in [0.5, 0.6) is 5.75 Å². The molecule has 0 saturated heterocycles. The van der Waals surface area contributed by atoms with E-state index in [1.54, 1.807) is 30.3 Å². The average Bonchev–Trinajstić information content (AvgIpc) is 2.77. The van der Waals surface area contributed by atoms with Crippen LogP contribution in [0.25, 0.3) is 0 Å². The molecule has 0 aromatic heterocycles. The smallest absolute Gasteiger partial charge is 0.293 e. The second kappa shape index (κ2) is 9.62. The lowest BCUT2D eigenvalue weighted by molar-refractivity contribution is -0.384. The molecule has 0 radical (unpaired) electrons. The molecule has 0 aliphatic carbocycles. The maximum atomic E-state index is 12.9. The molecule has 3 aromatic carbocycles. The Morgan fingerprint density at radius 3 is 2.43 bits per heavy atom. The largest absolute Gasteiger partial charge is 0.491 e. The van der Waals surface area contributed by atoms with Gasteiger partial charge in [0, 0.05) is 23.7 Å². The van der Waals surface area contributed by atoms with Gasteiger partial charge in [0.1, 0.15) is 30.0 Å². The molecule has 0 fully saturated rings. The molecule has 0 aliphatic rings. The third-order valence-electron chi connectivity index (χ3n) is 4.28. The maximum Gasteiger partial charge on any atom is 0.293 e. The first-order chi connectivity index (χ1) is 14.4. The zero-order chi connectivity index (χ0) is 21.5. The van der Waals surface area contributed by atoms with Crippen molar-refractivity contribution in [1.29, 1.82) is 0 Å². The van der Waals surface area contributed by atoms with Crippen LogP contribution in [0, 0.1) is 15.9 Å². The van der Waals surface area contributed by atoms with Crippen molar-refractivity contribution in [2.75, 3.05) is 18.5 Å². The highest BCUT2D eigenvalue weighted by molar-refractivity contribution is 6.09. The lowest BCUT2D eigenvalue weighted by Gasteiger charge is -2.14. The van der Waals surface area contributed by atoms with Gasteiger partial charge in [0.25, 0.3) is 5.69 Å². The minimum atomic E-state index is -0.972. The number of nitrogens with one attached hydrogen (secondary N) is 1. The molecular formula is C22H19FN2O5. The summed E-state index contributed by atoms with van der Waals surface area (Å²) in [5, 5.41) is 24.3. The first-order valence-electron chi connectivity index (χ1n) is 9.12. The summed E-state index contributed by atoms with van der Waals surface area (Å²) >= 11 is 0. The van der Waals surface area contributed by atoms with Crippen LogP contribution in [0.1, 0.15) is 15.9 Å². The summed E-state index contributed by atoms with van der Waals surface area (Å²) in [5.41, 5.74) is 0.522. The van der Waals surface area contributed by atoms with Crippen LogP contribution in [-0.2, 0) is 0 Å². The van der Waals surface area contributed by atoms with Crippen LogP contribution >= 0.6 is 0 Å². The number of benzene rings is 3. The van der Waals surface area contributed by atoms with Gasteiger partial charge in [0.2, 0.25) is 0 Å². The predicted molar refractivity (Wildman–Crippen MR) is 109 cm³/mol. The van der Waals surface area contributed by atoms with Gasteiger partial charge < -0.3 is 15.2 Å². The molecule has 0 saturated carbocycles. The number of carbonyl (C=O) groups is 1. The van der Waals surface area contributed by atoms with Crippen molar-refractivity contribution < 1.29 is 24.0 Å². The number of hydrogen-bond acceptors (Lipinski definition) is 6. The molecule has 2 N–H and O–H groups in total. The Labute approximate surface area is 171 Å². The van der Waals surface area contributed by atoms with Gasteiger partial charge in [0.15, 0.2) is 5.78 Å². The number of ketones is 1. The standard InChI is InChI=1S/C22H19FN2O5/c23-17-7-9-19(10-8-17)30-14-18(26)13-24-20-11-6-16(12-21(20)25(28)29)22(27)15-4-2-1-3-5-15/h1-12,18,24,26H,13-14H2. The van der Waals surface area contributed by atoms with E-state index in [0.717, 1.165) is 0 Å². The summed E-state index contributed by atoms with van der Waals surface area (Å²) < 4.78 is 18.2. The van der Waals surface area contributed by atoms with Crippen LogP contribution in [0.15, 0.2) is 72.8 Å². The molecule has 3 aromatic rings. The van der Waals surface area contributed by atoms with Crippen molar-refractivity contribution in [1.82, 2.24) is 0 Å². The zero-order valence-corrected chi connectivity index (χ0v) is 15.8. The summed E-state index contributed by atoms with van der Waals surface area (Å²) in [6, 6.07) is 18.0. The predicted octanol–water partition coefficient (Wildman–Crippen LogP) is 3.82. The minimum Gasteiger partial charge on any atom is -0.491 e. The molecule has 0 bridgehead atoms. The van der Waals surface area contributed by atoms with Crippen LogP contribution in [0.3, 0.4) is 0 Å². The highest BCUT2D eigenvalue weighted by Gasteiger charge is 2.19. The Hall–Kier alpha value is -3.78. The van der Waals surface area contributed by atoms with Gasteiger partial charge in [0.05, 0.1) is 4.92 Å². The van der Waals surface area contributed by atoms with E-state index in [1.807, 2.05) is 0 Å². The number of anilines is 1. The Morgan fingerprint density at radius 1 is 1.07 bits per heavy atom.